The Morgan fingerprint density at radius 3 is 2.06 bits per heavy atom. The Morgan fingerprint density at radius 2 is 1.67 bits per heavy atom. The molecule has 0 saturated heterocycles. The number of rotatable bonds is 10. The van der Waals surface area contributed by atoms with Crippen LogP contribution in [0, 0.1) is 5.41 Å². The lowest BCUT2D eigenvalue weighted by Gasteiger charge is -2.37. The molecule has 0 saturated carbocycles. The Morgan fingerprint density at radius 1 is 1.06 bits per heavy atom. The van der Waals surface area contributed by atoms with E-state index in [0.717, 1.165) is 32.7 Å². The molecule has 0 bridgehead atoms. The van der Waals surface area contributed by atoms with Crippen LogP contribution in [0.3, 0.4) is 0 Å². The molecule has 0 aliphatic carbocycles. The second-order valence-electron chi connectivity index (χ2n) is 6.46. The summed E-state index contributed by atoms with van der Waals surface area (Å²) in [4.78, 5) is 2.37. The van der Waals surface area contributed by atoms with Gasteiger partial charge in [-0.2, -0.15) is 0 Å². The second-order valence-corrected chi connectivity index (χ2v) is 6.46. The Labute approximate surface area is 114 Å². The Bertz CT molecular complexity index is 213. The average molecular weight is 258 g/mol. The van der Waals surface area contributed by atoms with E-state index < -0.39 is 5.60 Å². The number of aliphatic hydroxyl groups is 1. The number of hydrogen-bond acceptors (Lipinski definition) is 3. The third-order valence-corrected chi connectivity index (χ3v) is 3.32. The molecular formula is C15H34N2O. The van der Waals surface area contributed by atoms with Crippen LogP contribution >= 0.6 is 0 Å². The van der Waals surface area contributed by atoms with E-state index in [9.17, 15) is 5.11 Å². The predicted molar refractivity (Wildman–Crippen MR) is 80.0 cm³/mol. The van der Waals surface area contributed by atoms with Gasteiger partial charge in [-0.25, -0.2) is 0 Å². The van der Waals surface area contributed by atoms with Crippen molar-refractivity contribution in [1.29, 1.82) is 0 Å². The second kappa shape index (κ2) is 8.13. The molecule has 0 aliphatic heterocycles. The minimum absolute atomic E-state index is 0.298. The number of likely N-dealkylation sites (N-methyl/N-ethyl adjacent to an activating group) is 1. The number of hydrogen-bond donors (Lipinski definition) is 2. The van der Waals surface area contributed by atoms with Crippen LogP contribution in [-0.4, -0.2) is 48.3 Å². The van der Waals surface area contributed by atoms with E-state index in [1.54, 1.807) is 0 Å². The Balaban J connectivity index is 4.51. The smallest absolute Gasteiger partial charge is 0.0718 e. The highest BCUT2D eigenvalue weighted by atomic mass is 16.3. The van der Waals surface area contributed by atoms with E-state index >= 15 is 0 Å². The summed E-state index contributed by atoms with van der Waals surface area (Å²) in [6.45, 7) is 17.6. The minimum atomic E-state index is -0.610. The van der Waals surface area contributed by atoms with Crippen LogP contribution in [-0.2, 0) is 0 Å². The van der Waals surface area contributed by atoms with Crippen LogP contribution in [0.4, 0.5) is 0 Å². The highest BCUT2D eigenvalue weighted by Gasteiger charge is 2.27. The van der Waals surface area contributed by atoms with Gasteiger partial charge in [0.2, 0.25) is 0 Å². The zero-order valence-electron chi connectivity index (χ0n) is 13.3. The summed E-state index contributed by atoms with van der Waals surface area (Å²) in [5.41, 5.74) is -0.312. The van der Waals surface area contributed by atoms with E-state index in [2.05, 4.69) is 37.9 Å². The first kappa shape index (κ1) is 17.9. The first-order chi connectivity index (χ1) is 8.26. The summed E-state index contributed by atoms with van der Waals surface area (Å²) in [6, 6.07) is 0. The normalized spacial score (nSPS) is 16.0. The fraction of sp³-hybridized carbons (Fsp3) is 1.00. The Kier molecular flexibility index (Phi) is 8.08. The van der Waals surface area contributed by atoms with Crippen LogP contribution in [0.25, 0.3) is 0 Å². The topological polar surface area (TPSA) is 35.5 Å². The fourth-order valence-electron chi connectivity index (χ4n) is 2.62. The lowest BCUT2D eigenvalue weighted by atomic mass is 9.84. The van der Waals surface area contributed by atoms with E-state index in [4.69, 9.17) is 0 Å². The predicted octanol–water partition coefficient (Wildman–Crippen LogP) is 2.50. The van der Waals surface area contributed by atoms with Crippen molar-refractivity contribution in [2.45, 2.75) is 60.0 Å². The molecule has 0 rings (SSSR count). The molecular weight excluding hydrogens is 224 g/mol. The van der Waals surface area contributed by atoms with Crippen LogP contribution in [0.5, 0.6) is 0 Å². The third-order valence-electron chi connectivity index (χ3n) is 3.32. The SMILES string of the molecule is CCCC(C)(CNCC)CN(CC)CC(C)(C)O. The molecule has 3 heteroatoms. The molecule has 1 atom stereocenters. The van der Waals surface area contributed by atoms with Crippen molar-refractivity contribution in [2.24, 2.45) is 5.41 Å². The molecule has 2 N–H and O–H groups in total. The van der Waals surface area contributed by atoms with Crippen molar-refractivity contribution >= 4 is 0 Å². The zero-order chi connectivity index (χ0) is 14.2. The van der Waals surface area contributed by atoms with Gasteiger partial charge in [-0.05, 0) is 38.8 Å². The minimum Gasteiger partial charge on any atom is -0.389 e. The lowest BCUT2D eigenvalue weighted by Crippen LogP contribution is -2.46. The molecule has 0 aromatic carbocycles. The van der Waals surface area contributed by atoms with Crippen molar-refractivity contribution in [3.8, 4) is 0 Å². The van der Waals surface area contributed by atoms with Gasteiger partial charge in [0.15, 0.2) is 0 Å². The monoisotopic (exact) mass is 258 g/mol. The maximum atomic E-state index is 9.96. The molecule has 0 radical (unpaired) electrons. The zero-order valence-corrected chi connectivity index (χ0v) is 13.3. The Hall–Kier alpha value is -0.120. The molecule has 3 nitrogen and oxygen atoms in total. The molecule has 0 aromatic rings. The summed E-state index contributed by atoms with van der Waals surface area (Å²) in [5.74, 6) is 0. The van der Waals surface area contributed by atoms with Crippen LogP contribution in [0.15, 0.2) is 0 Å². The molecule has 1 unspecified atom stereocenters. The van der Waals surface area contributed by atoms with Crippen LogP contribution in [0.1, 0.15) is 54.4 Å². The van der Waals surface area contributed by atoms with Crippen LogP contribution < -0.4 is 5.32 Å². The summed E-state index contributed by atoms with van der Waals surface area (Å²) in [5, 5.41) is 13.4. The van der Waals surface area contributed by atoms with Crippen LogP contribution in [0.2, 0.25) is 0 Å². The van der Waals surface area contributed by atoms with Gasteiger partial charge in [0.25, 0.3) is 0 Å². The van der Waals surface area contributed by atoms with E-state index in [1.807, 2.05) is 13.8 Å². The van der Waals surface area contributed by atoms with Crippen molar-refractivity contribution in [3.05, 3.63) is 0 Å². The maximum absolute atomic E-state index is 9.96. The molecule has 0 aromatic heterocycles. The lowest BCUT2D eigenvalue weighted by molar-refractivity contribution is 0.0226. The van der Waals surface area contributed by atoms with Gasteiger partial charge in [0.1, 0.15) is 0 Å². The highest BCUT2D eigenvalue weighted by molar-refractivity contribution is 4.82. The third kappa shape index (κ3) is 8.06. The fourth-order valence-corrected chi connectivity index (χ4v) is 2.62. The number of nitrogens with zero attached hydrogens (tertiary/aromatic N) is 1. The molecule has 0 heterocycles. The molecule has 110 valence electrons. The van der Waals surface area contributed by atoms with Gasteiger partial charge < -0.3 is 15.3 Å². The van der Waals surface area contributed by atoms with E-state index in [0.29, 0.717) is 5.41 Å². The molecule has 0 fully saturated rings. The largest absolute Gasteiger partial charge is 0.389 e. The first-order valence-electron chi connectivity index (χ1n) is 7.41. The molecule has 18 heavy (non-hydrogen) atoms. The summed E-state index contributed by atoms with van der Waals surface area (Å²) >= 11 is 0. The van der Waals surface area contributed by atoms with Gasteiger partial charge in [-0.3, -0.25) is 0 Å². The standard InChI is InChI=1S/C15H34N2O/c1-7-10-15(6,11-16-8-2)13-17(9-3)12-14(4,5)18/h16,18H,7-13H2,1-6H3. The van der Waals surface area contributed by atoms with Gasteiger partial charge in [-0.1, -0.05) is 34.1 Å². The number of nitrogens with one attached hydrogen (secondary N) is 1. The summed E-state index contributed by atoms with van der Waals surface area (Å²) in [7, 11) is 0. The van der Waals surface area contributed by atoms with Gasteiger partial charge in [0, 0.05) is 19.6 Å². The summed E-state index contributed by atoms with van der Waals surface area (Å²) in [6.07, 6.45) is 2.43. The van der Waals surface area contributed by atoms with Gasteiger partial charge in [-0.15, -0.1) is 0 Å². The molecule has 0 amide bonds. The highest BCUT2D eigenvalue weighted by Crippen LogP contribution is 2.24. The summed E-state index contributed by atoms with van der Waals surface area (Å²) < 4.78 is 0. The quantitative estimate of drug-likeness (QED) is 0.632. The van der Waals surface area contributed by atoms with Crippen molar-refractivity contribution < 1.29 is 5.11 Å². The maximum Gasteiger partial charge on any atom is 0.0718 e. The molecule has 0 aliphatic rings. The molecule has 0 spiro atoms. The van der Waals surface area contributed by atoms with E-state index in [1.165, 1.54) is 12.8 Å². The van der Waals surface area contributed by atoms with Gasteiger partial charge >= 0.3 is 0 Å². The van der Waals surface area contributed by atoms with Gasteiger partial charge in [0.05, 0.1) is 5.60 Å². The van der Waals surface area contributed by atoms with Crippen molar-refractivity contribution in [1.82, 2.24) is 10.2 Å². The first-order valence-corrected chi connectivity index (χ1v) is 7.41. The van der Waals surface area contributed by atoms with E-state index in [-0.39, 0.29) is 0 Å². The van der Waals surface area contributed by atoms with Crippen molar-refractivity contribution in [2.75, 3.05) is 32.7 Å². The van der Waals surface area contributed by atoms with Crippen molar-refractivity contribution in [3.63, 3.8) is 0 Å². The average Bonchev–Trinajstić information content (AvgIpc) is 2.24.